The van der Waals surface area contributed by atoms with E-state index >= 15 is 0 Å². The average Bonchev–Trinajstić information content (AvgIpc) is 2.35. The van der Waals surface area contributed by atoms with Crippen LogP contribution in [0.25, 0.3) is 0 Å². The molecule has 0 N–H and O–H groups in total. The fraction of sp³-hybridized carbons (Fsp3) is 0.941. The zero-order valence-corrected chi connectivity index (χ0v) is 12.5. The summed E-state index contributed by atoms with van der Waals surface area (Å²) in [6.07, 6.45) is 9.81. The van der Waals surface area contributed by atoms with E-state index in [2.05, 4.69) is 20.8 Å². The highest BCUT2D eigenvalue weighted by Crippen LogP contribution is 2.42. The summed E-state index contributed by atoms with van der Waals surface area (Å²) in [6, 6.07) is 0. The monoisotopic (exact) mass is 250 g/mol. The van der Waals surface area contributed by atoms with E-state index in [4.69, 9.17) is 0 Å². The molecule has 2 rings (SSSR count). The van der Waals surface area contributed by atoms with E-state index in [0.717, 1.165) is 24.2 Å². The number of hydrogen-bond acceptors (Lipinski definition) is 1. The van der Waals surface area contributed by atoms with Gasteiger partial charge in [0, 0.05) is 12.3 Å². The molecule has 5 unspecified atom stereocenters. The lowest BCUT2D eigenvalue weighted by molar-refractivity contribution is -0.128. The Morgan fingerprint density at radius 2 is 1.83 bits per heavy atom. The summed E-state index contributed by atoms with van der Waals surface area (Å²) in [5.41, 5.74) is 0. The maximum Gasteiger partial charge on any atom is 0.136 e. The molecule has 0 aliphatic heterocycles. The summed E-state index contributed by atoms with van der Waals surface area (Å²) in [5.74, 6) is 4.25. The van der Waals surface area contributed by atoms with Crippen LogP contribution in [0.2, 0.25) is 0 Å². The lowest BCUT2D eigenvalue weighted by Gasteiger charge is -2.39. The third kappa shape index (κ3) is 3.16. The summed E-state index contributed by atoms with van der Waals surface area (Å²) in [4.78, 5) is 12.2. The predicted octanol–water partition coefficient (Wildman–Crippen LogP) is 4.84. The second-order valence-corrected chi connectivity index (χ2v) is 7.03. The van der Waals surface area contributed by atoms with Crippen LogP contribution in [-0.2, 0) is 4.79 Å². The molecule has 0 bridgehead atoms. The fourth-order valence-electron chi connectivity index (χ4n) is 4.22. The van der Waals surface area contributed by atoms with Crippen molar-refractivity contribution in [1.82, 2.24) is 0 Å². The highest BCUT2D eigenvalue weighted by Gasteiger charge is 2.37. The smallest absolute Gasteiger partial charge is 0.136 e. The third-order valence-electron chi connectivity index (χ3n) is 5.70. The van der Waals surface area contributed by atoms with Gasteiger partial charge < -0.3 is 0 Å². The lowest BCUT2D eigenvalue weighted by atomic mass is 9.65. The van der Waals surface area contributed by atoms with Crippen molar-refractivity contribution in [2.75, 3.05) is 0 Å². The molecule has 0 amide bonds. The first-order chi connectivity index (χ1) is 8.61. The summed E-state index contributed by atoms with van der Waals surface area (Å²) in [7, 11) is 0. The Labute approximate surface area is 113 Å². The normalized spacial score (nSPS) is 41.9. The van der Waals surface area contributed by atoms with Crippen molar-refractivity contribution in [3.63, 3.8) is 0 Å². The van der Waals surface area contributed by atoms with E-state index in [1.54, 1.807) is 0 Å². The first kappa shape index (κ1) is 14.1. The van der Waals surface area contributed by atoms with Gasteiger partial charge in [0.1, 0.15) is 5.78 Å². The Hall–Kier alpha value is -0.330. The summed E-state index contributed by atoms with van der Waals surface area (Å²) in [5, 5.41) is 0. The molecule has 5 atom stereocenters. The van der Waals surface area contributed by atoms with Crippen LogP contribution in [0.15, 0.2) is 0 Å². The van der Waals surface area contributed by atoms with E-state index in [-0.39, 0.29) is 0 Å². The Bertz CT molecular complexity index is 283. The van der Waals surface area contributed by atoms with Crippen LogP contribution in [0.5, 0.6) is 0 Å². The number of hydrogen-bond donors (Lipinski definition) is 0. The highest BCUT2D eigenvalue weighted by molar-refractivity contribution is 5.82. The average molecular weight is 250 g/mol. The van der Waals surface area contributed by atoms with Crippen molar-refractivity contribution in [3.05, 3.63) is 0 Å². The van der Waals surface area contributed by atoms with Crippen LogP contribution in [0.1, 0.15) is 72.1 Å². The largest absolute Gasteiger partial charge is 0.299 e. The van der Waals surface area contributed by atoms with Crippen molar-refractivity contribution in [2.45, 2.75) is 72.1 Å². The second-order valence-electron chi connectivity index (χ2n) is 7.03. The molecule has 2 aliphatic carbocycles. The number of carbonyl (C=O) groups is 1. The molecule has 0 saturated heterocycles. The molecule has 1 heteroatoms. The van der Waals surface area contributed by atoms with Crippen LogP contribution in [0.4, 0.5) is 0 Å². The molecule has 18 heavy (non-hydrogen) atoms. The summed E-state index contributed by atoms with van der Waals surface area (Å²) in [6.45, 7) is 7.03. The second kappa shape index (κ2) is 6.21. The molecule has 2 fully saturated rings. The lowest BCUT2D eigenvalue weighted by Crippen LogP contribution is -2.35. The maximum atomic E-state index is 12.2. The van der Waals surface area contributed by atoms with Gasteiger partial charge >= 0.3 is 0 Å². The molecule has 0 radical (unpaired) electrons. The molecular formula is C17H30O. The summed E-state index contributed by atoms with van der Waals surface area (Å²) >= 11 is 0. The van der Waals surface area contributed by atoms with E-state index in [1.807, 2.05) is 0 Å². The van der Waals surface area contributed by atoms with E-state index in [0.29, 0.717) is 17.6 Å². The molecule has 2 aliphatic rings. The topological polar surface area (TPSA) is 17.1 Å². The minimum Gasteiger partial charge on any atom is -0.299 e. The molecular weight excluding hydrogens is 220 g/mol. The van der Waals surface area contributed by atoms with Gasteiger partial charge in [0.05, 0.1) is 0 Å². The zero-order valence-electron chi connectivity index (χ0n) is 12.5. The Kier molecular flexibility index (Phi) is 4.86. The Morgan fingerprint density at radius 3 is 2.50 bits per heavy atom. The number of carbonyl (C=O) groups excluding carboxylic acids is 1. The predicted molar refractivity (Wildman–Crippen MR) is 76.4 cm³/mol. The van der Waals surface area contributed by atoms with Crippen molar-refractivity contribution < 1.29 is 4.79 Å². The number of rotatable bonds is 3. The van der Waals surface area contributed by atoms with Crippen molar-refractivity contribution in [2.24, 2.45) is 29.6 Å². The van der Waals surface area contributed by atoms with E-state index in [1.165, 1.54) is 44.9 Å². The zero-order chi connectivity index (χ0) is 13.1. The van der Waals surface area contributed by atoms with Gasteiger partial charge in [-0.25, -0.2) is 0 Å². The van der Waals surface area contributed by atoms with Crippen molar-refractivity contribution in [1.29, 1.82) is 0 Å². The van der Waals surface area contributed by atoms with Crippen LogP contribution in [0.3, 0.4) is 0 Å². The Morgan fingerprint density at radius 1 is 1.06 bits per heavy atom. The van der Waals surface area contributed by atoms with Crippen LogP contribution < -0.4 is 0 Å². The van der Waals surface area contributed by atoms with Gasteiger partial charge in [-0.1, -0.05) is 40.0 Å². The van der Waals surface area contributed by atoms with Gasteiger partial charge in [0.15, 0.2) is 0 Å². The van der Waals surface area contributed by atoms with Gasteiger partial charge in [-0.15, -0.1) is 0 Å². The van der Waals surface area contributed by atoms with Crippen molar-refractivity contribution >= 4 is 5.78 Å². The molecule has 104 valence electrons. The van der Waals surface area contributed by atoms with Crippen molar-refractivity contribution in [3.8, 4) is 0 Å². The standard InChI is InChI=1S/C17H30O/c1-4-5-14-7-9-17(18)16(11-14)15-8-6-12(2)13(3)10-15/h12-16H,4-11H2,1-3H3. The van der Waals surface area contributed by atoms with Crippen LogP contribution >= 0.6 is 0 Å². The van der Waals surface area contributed by atoms with Gasteiger partial charge in [-0.3, -0.25) is 4.79 Å². The minimum absolute atomic E-state index is 0.422. The van der Waals surface area contributed by atoms with Gasteiger partial charge in [-0.2, -0.15) is 0 Å². The number of Topliss-reactive ketones (excluding diaryl/α,β-unsaturated/α-hetero) is 1. The molecule has 0 aromatic heterocycles. The van der Waals surface area contributed by atoms with Gasteiger partial charge in [0.2, 0.25) is 0 Å². The van der Waals surface area contributed by atoms with Gasteiger partial charge in [0.25, 0.3) is 0 Å². The van der Waals surface area contributed by atoms with Gasteiger partial charge in [-0.05, 0) is 49.4 Å². The molecule has 0 aromatic rings. The molecule has 1 nitrogen and oxygen atoms in total. The first-order valence-corrected chi connectivity index (χ1v) is 8.14. The minimum atomic E-state index is 0.422. The van der Waals surface area contributed by atoms with E-state index < -0.39 is 0 Å². The number of ketones is 1. The van der Waals surface area contributed by atoms with Crippen LogP contribution in [0, 0.1) is 29.6 Å². The van der Waals surface area contributed by atoms with Crippen LogP contribution in [-0.4, -0.2) is 5.78 Å². The highest BCUT2D eigenvalue weighted by atomic mass is 16.1. The first-order valence-electron chi connectivity index (χ1n) is 8.14. The molecule has 0 heterocycles. The maximum absolute atomic E-state index is 12.2. The quantitative estimate of drug-likeness (QED) is 0.700. The Balaban J connectivity index is 1.95. The summed E-state index contributed by atoms with van der Waals surface area (Å²) < 4.78 is 0. The van der Waals surface area contributed by atoms with E-state index in [9.17, 15) is 4.79 Å². The molecule has 0 spiro atoms. The molecule has 0 aromatic carbocycles. The SMILES string of the molecule is CCCC1CCC(=O)C(C2CCC(C)C(C)C2)C1. The third-order valence-corrected chi connectivity index (χ3v) is 5.70. The molecule has 2 saturated carbocycles. The fourth-order valence-corrected chi connectivity index (χ4v) is 4.22.